The van der Waals surface area contributed by atoms with Gasteiger partial charge in [0.25, 0.3) is 10.1 Å². The first kappa shape index (κ1) is 15.2. The van der Waals surface area contributed by atoms with E-state index in [4.69, 9.17) is 4.55 Å². The molecule has 0 heterocycles. The van der Waals surface area contributed by atoms with E-state index in [0.717, 1.165) is 0 Å². The number of hydrogen-bond acceptors (Lipinski definition) is 2. The predicted molar refractivity (Wildman–Crippen MR) is 67.8 cm³/mol. The molecule has 3 nitrogen and oxygen atoms in total. The van der Waals surface area contributed by atoms with Gasteiger partial charge in [0.1, 0.15) is 0 Å². The molecule has 5 heteroatoms. The molecule has 0 atom stereocenters. The van der Waals surface area contributed by atoms with Crippen LogP contribution in [0.5, 0.6) is 0 Å². The Labute approximate surface area is 125 Å². The Balaban J connectivity index is 0.00000144. The fourth-order valence-corrected chi connectivity index (χ4v) is 2.83. The van der Waals surface area contributed by atoms with Crippen LogP contribution < -0.4 is 0 Å². The van der Waals surface area contributed by atoms with Crippen molar-refractivity contribution in [3.63, 3.8) is 0 Å². The van der Waals surface area contributed by atoms with E-state index in [1.165, 1.54) is 49.8 Å². The fourth-order valence-electron chi connectivity index (χ4n) is 2.35. The molecule has 0 amide bonds. The van der Waals surface area contributed by atoms with Crippen molar-refractivity contribution in [1.82, 2.24) is 0 Å². The molecule has 1 N–H and O–H groups in total. The number of benzene rings is 1. The molecule has 0 unspecified atom stereocenters. The van der Waals surface area contributed by atoms with E-state index in [1.807, 2.05) is 12.1 Å². The summed E-state index contributed by atoms with van der Waals surface area (Å²) < 4.78 is 30.6. The molecule has 1 aromatic rings. The second-order valence-electron chi connectivity index (χ2n) is 4.38. The molecule has 2 rings (SSSR count). The standard InChI is InChI=1S/C12H16O3S.Na/c13-16(14,15)12-8-6-11(7-9-12)10-4-2-1-3-5-10;/h6-10H,1-5H2,(H,13,14,15);. The molecule has 0 spiro atoms. The molecular weight excluding hydrogens is 247 g/mol. The summed E-state index contributed by atoms with van der Waals surface area (Å²) in [5.41, 5.74) is 1.19. The van der Waals surface area contributed by atoms with Crippen molar-refractivity contribution in [3.05, 3.63) is 29.8 Å². The predicted octanol–water partition coefficient (Wildman–Crippen LogP) is 2.60. The zero-order valence-electron chi connectivity index (χ0n) is 10.1. The van der Waals surface area contributed by atoms with Crippen LogP contribution in [0.4, 0.5) is 0 Å². The summed E-state index contributed by atoms with van der Waals surface area (Å²) in [5, 5.41) is 0. The van der Waals surface area contributed by atoms with Gasteiger partial charge in [0.2, 0.25) is 0 Å². The molecule has 0 aliphatic heterocycles. The van der Waals surface area contributed by atoms with Crippen molar-refractivity contribution in [3.8, 4) is 0 Å². The second-order valence-corrected chi connectivity index (χ2v) is 5.80. The topological polar surface area (TPSA) is 54.4 Å². The van der Waals surface area contributed by atoms with Gasteiger partial charge in [-0.1, -0.05) is 31.4 Å². The first-order chi connectivity index (χ1) is 7.57. The molecule has 1 saturated carbocycles. The second kappa shape index (κ2) is 6.34. The van der Waals surface area contributed by atoms with Gasteiger partial charge in [0.05, 0.1) is 4.90 Å². The molecule has 0 saturated heterocycles. The Morgan fingerprint density at radius 3 is 2.00 bits per heavy atom. The van der Waals surface area contributed by atoms with Crippen LogP contribution in [0.1, 0.15) is 43.6 Å². The van der Waals surface area contributed by atoms with E-state index in [0.29, 0.717) is 5.92 Å². The summed E-state index contributed by atoms with van der Waals surface area (Å²) in [6.45, 7) is 0. The first-order valence-corrected chi connectivity index (χ1v) is 7.09. The fraction of sp³-hybridized carbons (Fsp3) is 0.500. The maximum Gasteiger partial charge on any atom is 0.294 e. The summed E-state index contributed by atoms with van der Waals surface area (Å²) in [6, 6.07) is 6.61. The van der Waals surface area contributed by atoms with E-state index in [2.05, 4.69) is 0 Å². The minimum atomic E-state index is -4.05. The Hall–Kier alpha value is 0.130. The molecule has 0 bridgehead atoms. The van der Waals surface area contributed by atoms with Crippen LogP contribution in [0.3, 0.4) is 0 Å². The molecular formula is C12H16NaO3S. The zero-order valence-corrected chi connectivity index (χ0v) is 12.9. The Morgan fingerprint density at radius 1 is 1.00 bits per heavy atom. The summed E-state index contributed by atoms with van der Waals surface area (Å²) in [5.74, 6) is 0.559. The molecule has 89 valence electrons. The SMILES string of the molecule is O=S(=O)(O)c1ccc(C2CCCCC2)cc1.[Na]. The van der Waals surface area contributed by atoms with Crippen LogP contribution >= 0.6 is 0 Å². The molecule has 1 fully saturated rings. The van der Waals surface area contributed by atoms with Crippen molar-refractivity contribution in [1.29, 1.82) is 0 Å². The maximum atomic E-state index is 10.9. The normalized spacial score (nSPS) is 17.5. The van der Waals surface area contributed by atoms with E-state index >= 15 is 0 Å². The molecule has 1 radical (unpaired) electrons. The smallest absolute Gasteiger partial charge is 0.282 e. The monoisotopic (exact) mass is 263 g/mol. The molecule has 1 aromatic carbocycles. The van der Waals surface area contributed by atoms with Gasteiger partial charge < -0.3 is 0 Å². The van der Waals surface area contributed by atoms with Crippen molar-refractivity contribution in [2.45, 2.75) is 42.9 Å². The van der Waals surface area contributed by atoms with Crippen LogP contribution in [-0.4, -0.2) is 42.5 Å². The summed E-state index contributed by atoms with van der Waals surface area (Å²) >= 11 is 0. The van der Waals surface area contributed by atoms with Gasteiger partial charge in [-0.2, -0.15) is 8.42 Å². The summed E-state index contributed by atoms with van der Waals surface area (Å²) in [7, 11) is -4.05. The van der Waals surface area contributed by atoms with Crippen molar-refractivity contribution in [2.75, 3.05) is 0 Å². The van der Waals surface area contributed by atoms with Gasteiger partial charge in [-0.3, -0.25) is 4.55 Å². The summed E-state index contributed by atoms with van der Waals surface area (Å²) in [4.78, 5) is -0.0212. The number of rotatable bonds is 2. The van der Waals surface area contributed by atoms with Crippen molar-refractivity contribution < 1.29 is 13.0 Å². The van der Waals surface area contributed by atoms with E-state index in [-0.39, 0.29) is 34.5 Å². The van der Waals surface area contributed by atoms with Crippen molar-refractivity contribution in [2.24, 2.45) is 0 Å². The van der Waals surface area contributed by atoms with Gasteiger partial charge in [0, 0.05) is 29.6 Å². The van der Waals surface area contributed by atoms with Gasteiger partial charge in [-0.05, 0) is 36.5 Å². The Kier molecular flexibility index (Phi) is 5.67. The van der Waals surface area contributed by atoms with Crippen LogP contribution in [0.15, 0.2) is 29.2 Å². The molecule has 17 heavy (non-hydrogen) atoms. The van der Waals surface area contributed by atoms with Crippen LogP contribution in [0.25, 0.3) is 0 Å². The quantitative estimate of drug-likeness (QED) is 0.659. The Bertz CT molecular complexity index is 447. The van der Waals surface area contributed by atoms with E-state index in [9.17, 15) is 8.42 Å². The zero-order chi connectivity index (χ0) is 11.6. The minimum absolute atomic E-state index is 0. The van der Waals surface area contributed by atoms with Crippen molar-refractivity contribution >= 4 is 39.7 Å². The maximum absolute atomic E-state index is 10.9. The van der Waals surface area contributed by atoms with E-state index in [1.54, 1.807) is 0 Å². The third-order valence-corrected chi connectivity index (χ3v) is 4.12. The number of hydrogen-bond donors (Lipinski definition) is 1. The third kappa shape index (κ3) is 4.07. The van der Waals surface area contributed by atoms with E-state index < -0.39 is 10.1 Å². The minimum Gasteiger partial charge on any atom is -0.282 e. The van der Waals surface area contributed by atoms with Gasteiger partial charge in [-0.15, -0.1) is 0 Å². The largest absolute Gasteiger partial charge is 0.294 e. The molecule has 0 aromatic heterocycles. The van der Waals surface area contributed by atoms with Crippen LogP contribution in [0.2, 0.25) is 0 Å². The van der Waals surface area contributed by atoms with Gasteiger partial charge >= 0.3 is 0 Å². The van der Waals surface area contributed by atoms with Crippen LogP contribution in [0, 0.1) is 0 Å². The summed E-state index contributed by atoms with van der Waals surface area (Å²) in [6.07, 6.45) is 6.19. The third-order valence-electron chi connectivity index (χ3n) is 3.25. The van der Waals surface area contributed by atoms with Gasteiger partial charge in [0.15, 0.2) is 0 Å². The Morgan fingerprint density at radius 2 is 1.53 bits per heavy atom. The van der Waals surface area contributed by atoms with Crippen LogP contribution in [-0.2, 0) is 10.1 Å². The molecule has 1 aliphatic rings. The van der Waals surface area contributed by atoms with Gasteiger partial charge in [-0.25, -0.2) is 0 Å². The molecule has 1 aliphatic carbocycles. The first-order valence-electron chi connectivity index (χ1n) is 5.65. The average molecular weight is 263 g/mol. The average Bonchev–Trinajstić information content (AvgIpc) is 2.29.